The van der Waals surface area contributed by atoms with Crippen LogP contribution in [0.4, 0.5) is 5.95 Å². The van der Waals surface area contributed by atoms with Crippen LogP contribution in [0.3, 0.4) is 0 Å². The lowest BCUT2D eigenvalue weighted by atomic mass is 9.99. The van der Waals surface area contributed by atoms with Gasteiger partial charge in [-0.3, -0.25) is 4.79 Å². The van der Waals surface area contributed by atoms with E-state index in [9.17, 15) is 4.79 Å². The molecule has 1 aliphatic heterocycles. The zero-order valence-corrected chi connectivity index (χ0v) is 9.20. The Morgan fingerprint density at radius 1 is 1.65 bits per heavy atom. The van der Waals surface area contributed by atoms with Crippen LogP contribution < -0.4 is 4.90 Å². The van der Waals surface area contributed by atoms with E-state index >= 15 is 0 Å². The lowest BCUT2D eigenvalue weighted by Crippen LogP contribution is -2.39. The predicted molar refractivity (Wildman–Crippen MR) is 59.3 cm³/mol. The highest BCUT2D eigenvalue weighted by atomic mass is 16.4. The number of carboxylic acids is 1. The van der Waals surface area contributed by atoms with Gasteiger partial charge in [0.2, 0.25) is 5.95 Å². The van der Waals surface area contributed by atoms with Gasteiger partial charge in [0.1, 0.15) is 11.8 Å². The van der Waals surface area contributed by atoms with Crippen LogP contribution >= 0.6 is 0 Å². The number of anilines is 1. The Labute approximate surface area is 98.5 Å². The summed E-state index contributed by atoms with van der Waals surface area (Å²) in [6, 6.07) is 3.48. The lowest BCUT2D eigenvalue weighted by Gasteiger charge is -2.30. The lowest BCUT2D eigenvalue weighted by molar-refractivity contribution is -0.141. The van der Waals surface area contributed by atoms with Gasteiger partial charge >= 0.3 is 5.97 Å². The second kappa shape index (κ2) is 4.78. The minimum absolute atomic E-state index is 0.299. The van der Waals surface area contributed by atoms with Crippen LogP contribution in [0.5, 0.6) is 0 Å². The maximum atomic E-state index is 10.9. The van der Waals surface area contributed by atoms with Crippen LogP contribution in [0, 0.1) is 17.2 Å². The van der Waals surface area contributed by atoms with Crippen molar-refractivity contribution < 1.29 is 9.90 Å². The maximum absolute atomic E-state index is 10.9. The van der Waals surface area contributed by atoms with E-state index in [4.69, 9.17) is 10.4 Å². The first-order chi connectivity index (χ1) is 8.20. The Balaban J connectivity index is 2.16. The number of carbonyl (C=O) groups is 1. The Morgan fingerprint density at radius 3 is 3.18 bits per heavy atom. The Bertz CT molecular complexity index is 469. The number of hydrogen-bond donors (Lipinski definition) is 1. The summed E-state index contributed by atoms with van der Waals surface area (Å²) in [5.41, 5.74) is 0.299. The van der Waals surface area contributed by atoms with Gasteiger partial charge in [-0.15, -0.1) is 0 Å². The Hall–Kier alpha value is -2.16. The molecule has 2 rings (SSSR count). The van der Waals surface area contributed by atoms with Crippen molar-refractivity contribution in [2.45, 2.75) is 12.8 Å². The number of aromatic nitrogens is 2. The summed E-state index contributed by atoms with van der Waals surface area (Å²) in [7, 11) is 0. The van der Waals surface area contributed by atoms with Gasteiger partial charge in [0.05, 0.1) is 5.92 Å². The summed E-state index contributed by atoms with van der Waals surface area (Å²) < 4.78 is 0. The second-order valence-electron chi connectivity index (χ2n) is 3.98. The monoisotopic (exact) mass is 232 g/mol. The standard InChI is InChI=1S/C11H12N4O2/c12-6-9-3-4-13-11(14-9)15-5-1-2-8(7-15)10(16)17/h3-4,8H,1-2,5,7H2,(H,16,17). The SMILES string of the molecule is N#Cc1ccnc(N2CCCC(C(=O)O)C2)n1. The molecule has 0 radical (unpaired) electrons. The van der Waals surface area contributed by atoms with E-state index in [0.717, 1.165) is 13.0 Å². The fraction of sp³-hybridized carbons (Fsp3) is 0.455. The van der Waals surface area contributed by atoms with Crippen molar-refractivity contribution in [3.05, 3.63) is 18.0 Å². The molecule has 1 N–H and O–H groups in total. The van der Waals surface area contributed by atoms with E-state index in [1.54, 1.807) is 0 Å². The molecular formula is C11H12N4O2. The molecule has 1 saturated heterocycles. The van der Waals surface area contributed by atoms with E-state index in [1.807, 2.05) is 11.0 Å². The number of nitrogens with zero attached hydrogens (tertiary/aromatic N) is 4. The van der Waals surface area contributed by atoms with Crippen LogP contribution in [-0.4, -0.2) is 34.1 Å². The molecule has 1 aromatic rings. The summed E-state index contributed by atoms with van der Waals surface area (Å²) in [5.74, 6) is -0.723. The average molecular weight is 232 g/mol. The molecule has 1 aromatic heterocycles. The largest absolute Gasteiger partial charge is 0.481 e. The first-order valence-electron chi connectivity index (χ1n) is 5.41. The number of rotatable bonds is 2. The highest BCUT2D eigenvalue weighted by molar-refractivity contribution is 5.71. The first-order valence-corrected chi connectivity index (χ1v) is 5.41. The van der Waals surface area contributed by atoms with Gasteiger partial charge in [-0.1, -0.05) is 0 Å². The molecule has 0 aromatic carbocycles. The smallest absolute Gasteiger partial charge is 0.308 e. The summed E-state index contributed by atoms with van der Waals surface area (Å²) >= 11 is 0. The van der Waals surface area contributed by atoms with Gasteiger partial charge in [0.15, 0.2) is 0 Å². The number of hydrogen-bond acceptors (Lipinski definition) is 5. The Kier molecular flexibility index (Phi) is 3.19. The van der Waals surface area contributed by atoms with Gasteiger partial charge in [-0.25, -0.2) is 9.97 Å². The van der Waals surface area contributed by atoms with E-state index in [2.05, 4.69) is 9.97 Å². The zero-order chi connectivity index (χ0) is 12.3. The summed E-state index contributed by atoms with van der Waals surface area (Å²) in [6.07, 6.45) is 3.01. The first kappa shape index (κ1) is 11.3. The van der Waals surface area contributed by atoms with Crippen molar-refractivity contribution in [2.75, 3.05) is 18.0 Å². The quantitative estimate of drug-likeness (QED) is 0.805. The third kappa shape index (κ3) is 2.50. The molecule has 0 spiro atoms. The van der Waals surface area contributed by atoms with Crippen LogP contribution in [-0.2, 0) is 4.79 Å². The molecule has 17 heavy (non-hydrogen) atoms. The predicted octanol–water partition coefficient (Wildman–Crippen LogP) is 0.649. The van der Waals surface area contributed by atoms with Crippen molar-refractivity contribution in [3.8, 4) is 6.07 Å². The van der Waals surface area contributed by atoms with Gasteiger partial charge in [0.25, 0.3) is 0 Å². The maximum Gasteiger partial charge on any atom is 0.308 e. The van der Waals surface area contributed by atoms with Gasteiger partial charge in [0, 0.05) is 19.3 Å². The molecule has 6 heteroatoms. The molecule has 1 aliphatic rings. The fourth-order valence-corrected chi connectivity index (χ4v) is 1.92. The van der Waals surface area contributed by atoms with E-state index < -0.39 is 5.97 Å². The van der Waals surface area contributed by atoms with Crippen LogP contribution in [0.1, 0.15) is 18.5 Å². The molecule has 0 amide bonds. The summed E-state index contributed by atoms with van der Waals surface area (Å²) in [4.78, 5) is 20.9. The number of nitriles is 1. The van der Waals surface area contributed by atoms with Crippen LogP contribution in [0.15, 0.2) is 12.3 Å². The molecule has 0 saturated carbocycles. The number of piperidine rings is 1. The van der Waals surface area contributed by atoms with Gasteiger partial charge in [-0.05, 0) is 18.9 Å². The minimum atomic E-state index is -0.786. The second-order valence-corrected chi connectivity index (χ2v) is 3.98. The topological polar surface area (TPSA) is 90.1 Å². The van der Waals surface area contributed by atoms with Crippen LogP contribution in [0.25, 0.3) is 0 Å². The van der Waals surface area contributed by atoms with E-state index in [1.165, 1.54) is 12.3 Å². The molecular weight excluding hydrogens is 220 g/mol. The van der Waals surface area contributed by atoms with Crippen molar-refractivity contribution >= 4 is 11.9 Å². The number of carboxylic acid groups (broad SMARTS) is 1. The summed E-state index contributed by atoms with van der Waals surface area (Å²) in [6.45, 7) is 1.14. The molecule has 0 bridgehead atoms. The van der Waals surface area contributed by atoms with Gasteiger partial charge in [-0.2, -0.15) is 5.26 Å². The highest BCUT2D eigenvalue weighted by Gasteiger charge is 2.26. The molecule has 6 nitrogen and oxygen atoms in total. The number of aliphatic carboxylic acids is 1. The van der Waals surface area contributed by atoms with Crippen molar-refractivity contribution in [2.24, 2.45) is 5.92 Å². The zero-order valence-electron chi connectivity index (χ0n) is 9.20. The Morgan fingerprint density at radius 2 is 2.47 bits per heavy atom. The van der Waals surface area contributed by atoms with Gasteiger partial charge < -0.3 is 10.0 Å². The molecule has 0 aliphatic carbocycles. The molecule has 88 valence electrons. The normalized spacial score (nSPS) is 19.7. The highest BCUT2D eigenvalue weighted by Crippen LogP contribution is 2.20. The molecule has 2 heterocycles. The van der Waals surface area contributed by atoms with E-state index in [-0.39, 0.29) is 5.92 Å². The van der Waals surface area contributed by atoms with Crippen molar-refractivity contribution in [3.63, 3.8) is 0 Å². The van der Waals surface area contributed by atoms with Crippen molar-refractivity contribution in [1.82, 2.24) is 9.97 Å². The van der Waals surface area contributed by atoms with E-state index in [0.29, 0.717) is 24.6 Å². The minimum Gasteiger partial charge on any atom is -0.481 e. The average Bonchev–Trinajstić information content (AvgIpc) is 2.39. The molecule has 1 fully saturated rings. The third-order valence-electron chi connectivity index (χ3n) is 2.81. The molecule has 1 atom stereocenters. The summed E-state index contributed by atoms with van der Waals surface area (Å²) in [5, 5.41) is 17.7. The van der Waals surface area contributed by atoms with Crippen molar-refractivity contribution in [1.29, 1.82) is 5.26 Å². The molecule has 1 unspecified atom stereocenters. The van der Waals surface area contributed by atoms with Crippen LogP contribution in [0.2, 0.25) is 0 Å². The third-order valence-corrected chi connectivity index (χ3v) is 2.81. The fourth-order valence-electron chi connectivity index (χ4n) is 1.92.